The van der Waals surface area contributed by atoms with Gasteiger partial charge in [0.05, 0.1) is 22.2 Å². The molecule has 1 aliphatic rings. The van der Waals surface area contributed by atoms with Crippen LogP contribution in [0.2, 0.25) is 10.0 Å². The Morgan fingerprint density at radius 3 is 2.67 bits per heavy atom. The third-order valence-corrected chi connectivity index (χ3v) is 4.06. The number of nitriles is 1. The summed E-state index contributed by atoms with van der Waals surface area (Å²) in [6.45, 7) is 1.66. The standard InChI is InChI=1S/C16H13Cl2FN2O3/c1-2-24-16(23)11(7-21-8-3-4-8)15(22)9-5-12(19)14(18)10(6-20)13(9)17/h5,7-8,21H,2-4H2,1H3/b11-7-. The van der Waals surface area contributed by atoms with Gasteiger partial charge in [0.1, 0.15) is 17.5 Å². The molecule has 1 aromatic carbocycles. The van der Waals surface area contributed by atoms with E-state index in [4.69, 9.17) is 33.2 Å². The lowest BCUT2D eigenvalue weighted by molar-refractivity contribution is -0.138. The number of halogens is 3. The van der Waals surface area contributed by atoms with Crippen molar-refractivity contribution in [3.63, 3.8) is 0 Å². The Kier molecular flexibility index (Phi) is 5.81. The lowest BCUT2D eigenvalue weighted by Gasteiger charge is -2.10. The zero-order valence-corrected chi connectivity index (χ0v) is 14.2. The first-order valence-corrected chi connectivity index (χ1v) is 7.91. The number of esters is 1. The van der Waals surface area contributed by atoms with Gasteiger partial charge in [-0.25, -0.2) is 9.18 Å². The molecule has 0 saturated heterocycles. The van der Waals surface area contributed by atoms with Crippen LogP contribution in [0.3, 0.4) is 0 Å². The number of ether oxygens (including phenoxy) is 1. The predicted molar refractivity (Wildman–Crippen MR) is 86.3 cm³/mol. The number of nitrogens with one attached hydrogen (secondary N) is 1. The quantitative estimate of drug-likeness (QED) is 0.207. The lowest BCUT2D eigenvalue weighted by atomic mass is 10.0. The Balaban J connectivity index is 2.46. The van der Waals surface area contributed by atoms with E-state index in [1.807, 2.05) is 0 Å². The summed E-state index contributed by atoms with van der Waals surface area (Å²) in [5.41, 5.74) is -1.01. The highest BCUT2D eigenvalue weighted by Gasteiger charge is 2.28. The van der Waals surface area contributed by atoms with Gasteiger partial charge in [-0.1, -0.05) is 23.2 Å². The molecule has 0 amide bonds. The van der Waals surface area contributed by atoms with Gasteiger partial charge in [-0.05, 0) is 25.8 Å². The summed E-state index contributed by atoms with van der Waals surface area (Å²) in [5, 5.41) is 11.2. The molecule has 1 N–H and O–H groups in total. The Bertz CT molecular complexity index is 768. The van der Waals surface area contributed by atoms with Crippen molar-refractivity contribution in [1.82, 2.24) is 5.32 Å². The molecule has 0 unspecified atom stereocenters. The van der Waals surface area contributed by atoms with Crippen molar-refractivity contribution >= 4 is 35.0 Å². The van der Waals surface area contributed by atoms with E-state index in [2.05, 4.69) is 5.32 Å². The molecule has 0 aliphatic heterocycles. The van der Waals surface area contributed by atoms with Gasteiger partial charge in [0.25, 0.3) is 0 Å². The third-order valence-electron chi connectivity index (χ3n) is 3.29. The Labute approximate surface area is 148 Å². The van der Waals surface area contributed by atoms with Gasteiger partial charge in [0, 0.05) is 17.8 Å². The summed E-state index contributed by atoms with van der Waals surface area (Å²) >= 11 is 11.7. The fraction of sp³-hybridized carbons (Fsp3) is 0.312. The maximum Gasteiger partial charge on any atom is 0.343 e. The van der Waals surface area contributed by atoms with Crippen LogP contribution in [0.25, 0.3) is 0 Å². The summed E-state index contributed by atoms with van der Waals surface area (Å²) in [4.78, 5) is 24.7. The van der Waals surface area contributed by atoms with Gasteiger partial charge in [0.15, 0.2) is 0 Å². The van der Waals surface area contributed by atoms with Crippen LogP contribution in [0.5, 0.6) is 0 Å². The van der Waals surface area contributed by atoms with E-state index in [-0.39, 0.29) is 34.4 Å². The molecule has 0 bridgehead atoms. The highest BCUT2D eigenvalue weighted by Crippen LogP contribution is 2.31. The van der Waals surface area contributed by atoms with Crippen molar-refractivity contribution in [2.45, 2.75) is 25.8 Å². The first-order chi connectivity index (χ1) is 11.4. The van der Waals surface area contributed by atoms with E-state index in [0.717, 1.165) is 18.9 Å². The molecule has 1 saturated carbocycles. The Hall–Kier alpha value is -2.10. The van der Waals surface area contributed by atoms with Crippen molar-refractivity contribution in [1.29, 1.82) is 5.26 Å². The fourth-order valence-corrected chi connectivity index (χ4v) is 2.41. The van der Waals surface area contributed by atoms with E-state index >= 15 is 0 Å². The fourth-order valence-electron chi connectivity index (χ4n) is 1.89. The molecule has 2 rings (SSSR count). The maximum absolute atomic E-state index is 13.9. The number of Topliss-reactive ketones (excluding diaryl/α,β-unsaturated/α-hetero) is 1. The van der Waals surface area contributed by atoms with E-state index in [1.54, 1.807) is 13.0 Å². The van der Waals surface area contributed by atoms with E-state index in [1.165, 1.54) is 6.20 Å². The number of rotatable bonds is 6. The molecule has 0 atom stereocenters. The highest BCUT2D eigenvalue weighted by atomic mass is 35.5. The molecule has 0 aromatic heterocycles. The van der Waals surface area contributed by atoms with Gasteiger partial charge in [-0.3, -0.25) is 4.79 Å². The van der Waals surface area contributed by atoms with E-state index in [9.17, 15) is 14.0 Å². The van der Waals surface area contributed by atoms with Crippen molar-refractivity contribution in [2.75, 3.05) is 6.61 Å². The number of hydrogen-bond donors (Lipinski definition) is 1. The Morgan fingerprint density at radius 2 is 2.12 bits per heavy atom. The number of carbonyl (C=O) groups is 2. The van der Waals surface area contributed by atoms with Crippen molar-refractivity contribution in [3.8, 4) is 6.07 Å². The van der Waals surface area contributed by atoms with E-state index < -0.39 is 22.6 Å². The SMILES string of the molecule is CCOC(=O)/C(=C\NC1CC1)C(=O)c1cc(F)c(Cl)c(C#N)c1Cl. The Morgan fingerprint density at radius 1 is 1.46 bits per heavy atom. The molecule has 8 heteroatoms. The van der Waals surface area contributed by atoms with E-state index in [0.29, 0.717) is 0 Å². The second-order valence-electron chi connectivity index (χ2n) is 5.07. The molecule has 0 radical (unpaired) electrons. The van der Waals surface area contributed by atoms with Crippen LogP contribution in [-0.2, 0) is 9.53 Å². The monoisotopic (exact) mass is 370 g/mol. The zero-order valence-electron chi connectivity index (χ0n) is 12.7. The number of benzene rings is 1. The van der Waals surface area contributed by atoms with Gasteiger partial charge < -0.3 is 10.1 Å². The summed E-state index contributed by atoms with van der Waals surface area (Å²) in [6.07, 6.45) is 3.10. The van der Waals surface area contributed by atoms with Gasteiger partial charge in [-0.2, -0.15) is 5.26 Å². The maximum atomic E-state index is 13.9. The minimum Gasteiger partial charge on any atom is -0.462 e. The minimum atomic E-state index is -0.973. The van der Waals surface area contributed by atoms with Crippen LogP contribution in [0.15, 0.2) is 17.8 Å². The van der Waals surface area contributed by atoms with Crippen LogP contribution in [-0.4, -0.2) is 24.4 Å². The largest absolute Gasteiger partial charge is 0.462 e. The average molecular weight is 371 g/mol. The lowest BCUT2D eigenvalue weighted by Crippen LogP contribution is -2.21. The molecule has 24 heavy (non-hydrogen) atoms. The first-order valence-electron chi connectivity index (χ1n) is 7.16. The zero-order chi connectivity index (χ0) is 17.9. The second kappa shape index (κ2) is 7.65. The van der Waals surface area contributed by atoms with Crippen molar-refractivity contribution in [2.24, 2.45) is 0 Å². The second-order valence-corrected chi connectivity index (χ2v) is 5.83. The molecule has 0 heterocycles. The molecule has 1 aromatic rings. The van der Waals surface area contributed by atoms with Crippen LogP contribution < -0.4 is 5.32 Å². The molecule has 1 fully saturated rings. The third kappa shape index (κ3) is 3.86. The van der Waals surface area contributed by atoms with Crippen LogP contribution in [0.1, 0.15) is 35.7 Å². The predicted octanol–water partition coefficient (Wildman–Crippen LogP) is 3.39. The van der Waals surface area contributed by atoms with Crippen molar-refractivity contribution < 1.29 is 18.7 Å². The average Bonchev–Trinajstić information content (AvgIpc) is 3.36. The number of nitrogens with zero attached hydrogens (tertiary/aromatic N) is 1. The number of ketones is 1. The normalized spacial score (nSPS) is 14.0. The van der Waals surface area contributed by atoms with Gasteiger partial charge in [0.2, 0.25) is 5.78 Å². The van der Waals surface area contributed by atoms with Crippen LogP contribution in [0, 0.1) is 17.1 Å². The topological polar surface area (TPSA) is 79.2 Å². The summed E-state index contributed by atoms with van der Waals surface area (Å²) < 4.78 is 18.7. The van der Waals surface area contributed by atoms with Crippen LogP contribution in [0.4, 0.5) is 4.39 Å². The molecule has 5 nitrogen and oxygen atoms in total. The molecular formula is C16H13Cl2FN2O3. The van der Waals surface area contributed by atoms with Crippen LogP contribution >= 0.6 is 23.2 Å². The number of hydrogen-bond acceptors (Lipinski definition) is 5. The summed E-state index contributed by atoms with van der Waals surface area (Å²) in [5.74, 6) is -2.68. The van der Waals surface area contributed by atoms with Gasteiger partial charge >= 0.3 is 5.97 Å². The minimum absolute atomic E-state index is 0.0685. The number of carbonyl (C=O) groups excluding carboxylic acids is 2. The first kappa shape index (κ1) is 18.2. The molecular weight excluding hydrogens is 358 g/mol. The molecule has 0 spiro atoms. The summed E-state index contributed by atoms with van der Waals surface area (Å²) in [7, 11) is 0. The van der Waals surface area contributed by atoms with Crippen molar-refractivity contribution in [3.05, 3.63) is 44.8 Å². The molecule has 126 valence electrons. The van der Waals surface area contributed by atoms with Gasteiger partial charge in [-0.15, -0.1) is 0 Å². The highest BCUT2D eigenvalue weighted by molar-refractivity contribution is 6.40. The molecule has 1 aliphatic carbocycles. The summed E-state index contributed by atoms with van der Waals surface area (Å²) in [6, 6.07) is 2.64. The smallest absolute Gasteiger partial charge is 0.343 e.